The van der Waals surface area contributed by atoms with Gasteiger partial charge in [0.25, 0.3) is 0 Å². The third kappa shape index (κ3) is 5.21. The average molecular weight is 486 g/mol. The lowest BCUT2D eigenvalue weighted by Gasteiger charge is -2.19. The van der Waals surface area contributed by atoms with E-state index in [-0.39, 0.29) is 35.2 Å². The van der Waals surface area contributed by atoms with Gasteiger partial charge in [0.15, 0.2) is 5.96 Å². The van der Waals surface area contributed by atoms with Crippen LogP contribution in [-0.2, 0) is 11.8 Å². The standard InChI is InChI=1S/C20H27FN4O.HI/c1-14-16(15(2)26-25-14)7-6-12-23-19(22-3)24-13-20(10-11-20)17-8-4-5-9-18(17)21;/h4-5,8-9H,6-7,10-13H2,1-3H3,(H2,22,23,24);1H. The van der Waals surface area contributed by atoms with E-state index in [1.807, 2.05) is 26.0 Å². The van der Waals surface area contributed by atoms with Gasteiger partial charge in [0.05, 0.1) is 5.69 Å². The third-order valence-corrected chi connectivity index (χ3v) is 5.19. The molecule has 1 aromatic heterocycles. The molecule has 1 aromatic carbocycles. The highest BCUT2D eigenvalue weighted by molar-refractivity contribution is 14.0. The fourth-order valence-electron chi connectivity index (χ4n) is 3.39. The van der Waals surface area contributed by atoms with Crippen molar-refractivity contribution in [2.24, 2.45) is 4.99 Å². The summed E-state index contributed by atoms with van der Waals surface area (Å²) in [5, 5.41) is 10.7. The van der Waals surface area contributed by atoms with Gasteiger partial charge in [-0.15, -0.1) is 24.0 Å². The smallest absolute Gasteiger partial charge is 0.191 e. The Labute approximate surface area is 177 Å². The maximum absolute atomic E-state index is 14.1. The molecule has 1 aliphatic carbocycles. The fourth-order valence-corrected chi connectivity index (χ4v) is 3.39. The molecule has 7 heteroatoms. The lowest BCUT2D eigenvalue weighted by Crippen LogP contribution is -2.41. The SMILES string of the molecule is CN=C(NCCCc1c(C)noc1C)NCC1(c2ccccc2F)CC1.I. The Balaban J connectivity index is 0.00000261. The fraction of sp³-hybridized carbons (Fsp3) is 0.500. The minimum Gasteiger partial charge on any atom is -0.361 e. The van der Waals surface area contributed by atoms with E-state index in [0.29, 0.717) is 6.54 Å². The second kappa shape index (κ2) is 9.52. The first-order chi connectivity index (χ1) is 12.6. The first-order valence-corrected chi connectivity index (χ1v) is 9.17. The van der Waals surface area contributed by atoms with Gasteiger partial charge in [0.1, 0.15) is 11.6 Å². The van der Waals surface area contributed by atoms with Crippen molar-refractivity contribution in [2.45, 2.75) is 44.9 Å². The lowest BCUT2D eigenvalue weighted by atomic mass is 9.95. The van der Waals surface area contributed by atoms with E-state index in [4.69, 9.17) is 4.52 Å². The summed E-state index contributed by atoms with van der Waals surface area (Å²) < 4.78 is 19.3. The summed E-state index contributed by atoms with van der Waals surface area (Å²) in [5.74, 6) is 1.53. The summed E-state index contributed by atoms with van der Waals surface area (Å²) in [5.41, 5.74) is 2.86. The Morgan fingerprint density at radius 3 is 2.59 bits per heavy atom. The van der Waals surface area contributed by atoms with E-state index in [1.165, 1.54) is 11.6 Å². The van der Waals surface area contributed by atoms with Crippen LogP contribution in [0.1, 0.15) is 41.8 Å². The molecule has 0 aliphatic heterocycles. The van der Waals surface area contributed by atoms with E-state index in [9.17, 15) is 4.39 Å². The largest absolute Gasteiger partial charge is 0.361 e. The number of aliphatic imine (C=N–C) groups is 1. The van der Waals surface area contributed by atoms with E-state index >= 15 is 0 Å². The van der Waals surface area contributed by atoms with E-state index < -0.39 is 0 Å². The number of halogens is 2. The molecule has 0 unspecified atom stereocenters. The molecule has 0 atom stereocenters. The van der Waals surface area contributed by atoms with Crippen LogP contribution in [0.4, 0.5) is 4.39 Å². The molecule has 1 heterocycles. The van der Waals surface area contributed by atoms with Crippen molar-refractivity contribution in [3.05, 3.63) is 52.7 Å². The number of nitrogens with zero attached hydrogens (tertiary/aromatic N) is 2. The van der Waals surface area contributed by atoms with Crippen molar-refractivity contribution in [3.8, 4) is 0 Å². The Bertz CT molecular complexity index is 767. The van der Waals surface area contributed by atoms with Gasteiger partial charge in [-0.1, -0.05) is 23.4 Å². The lowest BCUT2D eigenvalue weighted by molar-refractivity contribution is 0.392. The number of nitrogens with one attached hydrogen (secondary N) is 2. The zero-order valence-electron chi connectivity index (χ0n) is 16.1. The van der Waals surface area contributed by atoms with Crippen LogP contribution in [-0.4, -0.2) is 31.3 Å². The minimum atomic E-state index is -0.116. The average Bonchev–Trinajstić information content (AvgIpc) is 3.36. The van der Waals surface area contributed by atoms with Crippen LogP contribution in [0.3, 0.4) is 0 Å². The van der Waals surface area contributed by atoms with E-state index in [1.54, 1.807) is 13.1 Å². The minimum absolute atomic E-state index is 0. The molecule has 0 saturated heterocycles. The molecule has 1 aliphatic rings. The zero-order valence-corrected chi connectivity index (χ0v) is 18.5. The predicted octanol–water partition coefficient (Wildman–Crippen LogP) is 3.88. The van der Waals surface area contributed by atoms with Gasteiger partial charge in [-0.2, -0.15) is 0 Å². The number of benzene rings is 1. The molecule has 27 heavy (non-hydrogen) atoms. The normalized spacial score (nSPS) is 15.2. The monoisotopic (exact) mass is 486 g/mol. The highest BCUT2D eigenvalue weighted by Crippen LogP contribution is 2.48. The predicted molar refractivity (Wildman–Crippen MR) is 116 cm³/mol. The Morgan fingerprint density at radius 2 is 2.00 bits per heavy atom. The summed E-state index contributed by atoms with van der Waals surface area (Å²) in [6.45, 7) is 5.41. The molecule has 3 rings (SSSR count). The molecule has 5 nitrogen and oxygen atoms in total. The molecule has 2 aromatic rings. The summed E-state index contributed by atoms with van der Waals surface area (Å²) in [6.07, 6.45) is 3.89. The Morgan fingerprint density at radius 1 is 1.26 bits per heavy atom. The number of hydrogen-bond donors (Lipinski definition) is 2. The van der Waals surface area contributed by atoms with Gasteiger partial charge in [-0.05, 0) is 51.2 Å². The molecule has 1 fully saturated rings. The van der Waals surface area contributed by atoms with Gasteiger partial charge < -0.3 is 15.2 Å². The molecule has 0 spiro atoms. The topological polar surface area (TPSA) is 62.5 Å². The van der Waals surface area contributed by atoms with Gasteiger partial charge in [0, 0.05) is 31.1 Å². The first kappa shape index (κ1) is 21.7. The third-order valence-electron chi connectivity index (χ3n) is 5.19. The van der Waals surface area contributed by atoms with Gasteiger partial charge in [-0.3, -0.25) is 4.99 Å². The summed E-state index contributed by atoms with van der Waals surface area (Å²) in [6, 6.07) is 7.07. The van der Waals surface area contributed by atoms with Crippen molar-refractivity contribution < 1.29 is 8.91 Å². The van der Waals surface area contributed by atoms with Crippen molar-refractivity contribution in [3.63, 3.8) is 0 Å². The highest BCUT2D eigenvalue weighted by Gasteiger charge is 2.45. The Kier molecular flexibility index (Phi) is 7.64. The van der Waals surface area contributed by atoms with Crippen molar-refractivity contribution in [2.75, 3.05) is 20.1 Å². The highest BCUT2D eigenvalue weighted by atomic mass is 127. The number of rotatable bonds is 7. The number of guanidine groups is 1. The molecule has 1 saturated carbocycles. The quantitative estimate of drug-likeness (QED) is 0.270. The molecule has 0 amide bonds. The summed E-state index contributed by atoms with van der Waals surface area (Å²) in [7, 11) is 1.76. The van der Waals surface area contributed by atoms with Crippen molar-refractivity contribution in [1.29, 1.82) is 0 Å². The number of aromatic nitrogens is 1. The molecular formula is C20H28FIN4O. The Hall–Kier alpha value is -1.64. The van der Waals surface area contributed by atoms with Crippen molar-refractivity contribution >= 4 is 29.9 Å². The van der Waals surface area contributed by atoms with Crippen LogP contribution in [0, 0.1) is 19.7 Å². The molecule has 2 N–H and O–H groups in total. The van der Waals surface area contributed by atoms with Gasteiger partial charge >= 0.3 is 0 Å². The van der Waals surface area contributed by atoms with Crippen LogP contribution in [0.5, 0.6) is 0 Å². The summed E-state index contributed by atoms with van der Waals surface area (Å²) >= 11 is 0. The second-order valence-electron chi connectivity index (χ2n) is 7.02. The van der Waals surface area contributed by atoms with Crippen molar-refractivity contribution in [1.82, 2.24) is 15.8 Å². The maximum atomic E-state index is 14.1. The second-order valence-corrected chi connectivity index (χ2v) is 7.02. The van der Waals surface area contributed by atoms with Crippen LogP contribution in [0.15, 0.2) is 33.8 Å². The van der Waals surface area contributed by atoms with E-state index in [0.717, 1.165) is 55.2 Å². The van der Waals surface area contributed by atoms with Gasteiger partial charge in [0.2, 0.25) is 0 Å². The van der Waals surface area contributed by atoms with Crippen LogP contribution >= 0.6 is 24.0 Å². The molecule has 0 radical (unpaired) electrons. The van der Waals surface area contributed by atoms with Crippen LogP contribution in [0.25, 0.3) is 0 Å². The number of hydrogen-bond acceptors (Lipinski definition) is 3. The summed E-state index contributed by atoms with van der Waals surface area (Å²) in [4.78, 5) is 4.27. The van der Waals surface area contributed by atoms with Crippen LogP contribution in [0.2, 0.25) is 0 Å². The molecule has 0 bridgehead atoms. The number of aryl methyl sites for hydroxylation is 2. The molecular weight excluding hydrogens is 458 g/mol. The van der Waals surface area contributed by atoms with E-state index in [2.05, 4.69) is 20.8 Å². The maximum Gasteiger partial charge on any atom is 0.191 e. The zero-order chi connectivity index (χ0) is 18.6. The molecule has 148 valence electrons. The van der Waals surface area contributed by atoms with Crippen LogP contribution < -0.4 is 10.6 Å². The first-order valence-electron chi connectivity index (χ1n) is 9.17. The van der Waals surface area contributed by atoms with Gasteiger partial charge in [-0.25, -0.2) is 4.39 Å².